The number of hydrogen-bond acceptors (Lipinski definition) is 11. The van der Waals surface area contributed by atoms with Gasteiger partial charge < -0.3 is 29.3 Å². The summed E-state index contributed by atoms with van der Waals surface area (Å²) >= 11 is 0. The number of benzene rings is 5. The van der Waals surface area contributed by atoms with E-state index in [1.165, 1.54) is 4.90 Å². The zero-order valence-electron chi connectivity index (χ0n) is 35.4. The maximum absolute atomic E-state index is 14.3. The Kier molecular flexibility index (Phi) is 10.6. The van der Waals surface area contributed by atoms with Gasteiger partial charge in [0.05, 0.1) is 19.8 Å². The first kappa shape index (κ1) is 40.1. The molecule has 5 aromatic carbocycles. The minimum atomic E-state index is -1.04. The maximum atomic E-state index is 14.3. The summed E-state index contributed by atoms with van der Waals surface area (Å²) in [6.07, 6.45) is 0.723. The molecule has 13 nitrogen and oxygen atoms in total. The van der Waals surface area contributed by atoms with Gasteiger partial charge in [-0.05, 0) is 56.7 Å². The van der Waals surface area contributed by atoms with Gasteiger partial charge in [0.2, 0.25) is 0 Å². The van der Waals surface area contributed by atoms with Crippen LogP contribution in [0, 0.1) is 0 Å². The lowest BCUT2D eigenvalue weighted by Gasteiger charge is -2.45. The standard InChI is InChI=1S/C49H53N7O6/c1-3-52(4-2)33-13-16-40-43(31-33)62-44-32-34(14-17-41(44)49(40)39-12-6-5-9-35(39)48(60)56(49)50-19-28-57)53-22-24-54(25-23-53)42-18-15-38-45-36(42)10-7-11-37(45)46(58)55(47(38)59)21-8-20-51-26-29-61-30-27-51/h5-7,9-18,31-32,50,57H,3-4,8,19-30H2,1-2H3. The van der Waals surface area contributed by atoms with Gasteiger partial charge in [0.25, 0.3) is 17.7 Å². The van der Waals surface area contributed by atoms with Gasteiger partial charge in [-0.15, -0.1) is 0 Å². The number of carbonyl (C=O) groups excluding carboxylic acids is 3. The molecule has 5 aliphatic rings. The number of nitrogens with one attached hydrogen (secondary N) is 1. The molecule has 62 heavy (non-hydrogen) atoms. The minimum Gasteiger partial charge on any atom is -0.456 e. The van der Waals surface area contributed by atoms with Crippen molar-refractivity contribution in [1.82, 2.24) is 20.2 Å². The van der Waals surface area contributed by atoms with Crippen molar-refractivity contribution in [2.45, 2.75) is 25.8 Å². The van der Waals surface area contributed by atoms with E-state index in [0.29, 0.717) is 34.7 Å². The van der Waals surface area contributed by atoms with E-state index in [1.807, 2.05) is 54.6 Å². The predicted molar refractivity (Wildman–Crippen MR) is 240 cm³/mol. The number of hydrazine groups is 1. The second-order valence-corrected chi connectivity index (χ2v) is 16.6. The molecule has 2 N–H and O–H groups in total. The number of carbonyl (C=O) groups is 3. The molecule has 1 spiro atoms. The van der Waals surface area contributed by atoms with Gasteiger partial charge in [-0.3, -0.25) is 29.2 Å². The summed E-state index contributed by atoms with van der Waals surface area (Å²) in [5.74, 6) is 0.740. The van der Waals surface area contributed by atoms with E-state index in [2.05, 4.69) is 75.3 Å². The molecule has 5 heterocycles. The molecule has 1 atom stereocenters. The van der Waals surface area contributed by atoms with Gasteiger partial charge in [0.15, 0.2) is 0 Å². The van der Waals surface area contributed by atoms with Crippen molar-refractivity contribution >= 4 is 45.6 Å². The van der Waals surface area contributed by atoms with E-state index in [0.717, 1.165) is 123 Å². The van der Waals surface area contributed by atoms with Crippen molar-refractivity contribution in [2.24, 2.45) is 0 Å². The maximum Gasteiger partial charge on any atom is 0.269 e. The smallest absolute Gasteiger partial charge is 0.269 e. The lowest BCUT2D eigenvalue weighted by molar-refractivity contribution is 0.0352. The van der Waals surface area contributed by atoms with Crippen LogP contribution >= 0.6 is 0 Å². The molecule has 320 valence electrons. The molecule has 13 heteroatoms. The molecule has 0 saturated carbocycles. The molecule has 3 amide bonds. The highest BCUT2D eigenvalue weighted by atomic mass is 16.5. The number of amides is 3. The normalized spacial score (nSPS) is 19.6. The van der Waals surface area contributed by atoms with E-state index in [4.69, 9.17) is 9.47 Å². The van der Waals surface area contributed by atoms with Gasteiger partial charge in [-0.25, -0.2) is 5.43 Å². The van der Waals surface area contributed by atoms with Crippen LogP contribution in [0.25, 0.3) is 10.8 Å². The highest BCUT2D eigenvalue weighted by molar-refractivity contribution is 6.26. The number of aliphatic hydroxyl groups excluding tert-OH is 1. The molecule has 5 aliphatic heterocycles. The number of ether oxygens (including phenoxy) is 2. The number of aliphatic hydroxyl groups is 1. The first-order valence-electron chi connectivity index (χ1n) is 22.1. The Hall–Kier alpha value is -5.99. The molecule has 2 saturated heterocycles. The summed E-state index contributed by atoms with van der Waals surface area (Å²) in [5.41, 5.74) is 9.64. The molecule has 2 fully saturated rings. The zero-order chi connectivity index (χ0) is 42.5. The Labute approximate surface area is 362 Å². The van der Waals surface area contributed by atoms with Crippen LogP contribution in [0.15, 0.2) is 91.0 Å². The highest BCUT2D eigenvalue weighted by Crippen LogP contribution is 2.58. The molecule has 10 rings (SSSR count). The Morgan fingerprint density at radius 3 is 2.15 bits per heavy atom. The van der Waals surface area contributed by atoms with Crippen LogP contribution in [0.3, 0.4) is 0 Å². The van der Waals surface area contributed by atoms with Crippen LogP contribution in [0.1, 0.15) is 68.0 Å². The molecular formula is C49H53N7O6. The second kappa shape index (κ2) is 16.4. The van der Waals surface area contributed by atoms with Crippen molar-refractivity contribution in [2.75, 3.05) is 107 Å². The van der Waals surface area contributed by atoms with Crippen LogP contribution in [-0.4, -0.2) is 129 Å². The van der Waals surface area contributed by atoms with Crippen molar-refractivity contribution in [1.29, 1.82) is 0 Å². The van der Waals surface area contributed by atoms with Crippen molar-refractivity contribution in [3.63, 3.8) is 0 Å². The van der Waals surface area contributed by atoms with E-state index in [-0.39, 0.29) is 30.9 Å². The number of nitrogens with zero attached hydrogens (tertiary/aromatic N) is 6. The summed E-state index contributed by atoms with van der Waals surface area (Å²) in [7, 11) is 0. The average Bonchev–Trinajstić information content (AvgIpc) is 3.55. The Balaban J connectivity index is 0.933. The fourth-order valence-electron chi connectivity index (χ4n) is 10.4. The number of anilines is 3. The van der Waals surface area contributed by atoms with E-state index in [9.17, 15) is 19.5 Å². The summed E-state index contributed by atoms with van der Waals surface area (Å²) in [5, 5.41) is 13.3. The fraction of sp³-hybridized carbons (Fsp3) is 0.367. The van der Waals surface area contributed by atoms with E-state index >= 15 is 0 Å². The molecular weight excluding hydrogens is 783 g/mol. The number of piperazine rings is 1. The Bertz CT molecular complexity index is 2540. The summed E-state index contributed by atoms with van der Waals surface area (Å²) in [6, 6.07) is 30.1. The van der Waals surface area contributed by atoms with Gasteiger partial charge in [0.1, 0.15) is 17.0 Å². The summed E-state index contributed by atoms with van der Waals surface area (Å²) in [4.78, 5) is 52.7. The average molecular weight is 836 g/mol. The SMILES string of the molecule is CCN(CC)c1ccc2c(c1)Oc1cc(N3CCN(c4ccc5c6c(cccc46)C(=O)N(CCCN4CCOCC4)C5=O)CC3)ccc1C21c2ccccc2C(=O)N1NCCO. The molecule has 0 aromatic heterocycles. The minimum absolute atomic E-state index is 0.135. The van der Waals surface area contributed by atoms with Crippen LogP contribution in [-0.2, 0) is 10.3 Å². The quantitative estimate of drug-likeness (QED) is 0.151. The van der Waals surface area contributed by atoms with E-state index < -0.39 is 5.54 Å². The lowest BCUT2D eigenvalue weighted by atomic mass is 9.75. The third kappa shape index (κ3) is 6.40. The monoisotopic (exact) mass is 835 g/mol. The zero-order valence-corrected chi connectivity index (χ0v) is 35.4. The van der Waals surface area contributed by atoms with Gasteiger partial charge in [0, 0.05) is 145 Å². The largest absolute Gasteiger partial charge is 0.456 e. The number of morpholine rings is 1. The van der Waals surface area contributed by atoms with Crippen molar-refractivity contribution < 1.29 is 29.0 Å². The first-order valence-corrected chi connectivity index (χ1v) is 22.1. The van der Waals surface area contributed by atoms with Crippen molar-refractivity contribution in [3.8, 4) is 11.5 Å². The molecule has 5 aromatic rings. The number of imide groups is 1. The van der Waals surface area contributed by atoms with Crippen molar-refractivity contribution in [3.05, 3.63) is 124 Å². The van der Waals surface area contributed by atoms with Crippen LogP contribution in [0.5, 0.6) is 11.5 Å². The van der Waals surface area contributed by atoms with Gasteiger partial charge in [-0.2, -0.15) is 0 Å². The molecule has 0 aliphatic carbocycles. The highest BCUT2D eigenvalue weighted by Gasteiger charge is 2.56. The van der Waals surface area contributed by atoms with Gasteiger partial charge >= 0.3 is 0 Å². The predicted octanol–water partition coefficient (Wildman–Crippen LogP) is 5.68. The lowest BCUT2D eigenvalue weighted by Crippen LogP contribution is -2.54. The number of fused-ring (bicyclic) bond motifs is 6. The Morgan fingerprint density at radius 2 is 1.39 bits per heavy atom. The third-order valence-corrected chi connectivity index (χ3v) is 13.4. The van der Waals surface area contributed by atoms with Crippen LogP contribution < -0.4 is 24.9 Å². The van der Waals surface area contributed by atoms with Crippen LogP contribution in [0.2, 0.25) is 0 Å². The second-order valence-electron chi connectivity index (χ2n) is 16.6. The first-order chi connectivity index (χ1) is 30.4. The summed E-state index contributed by atoms with van der Waals surface area (Å²) in [6.45, 7) is 13.3. The number of hydrogen-bond donors (Lipinski definition) is 2. The van der Waals surface area contributed by atoms with Gasteiger partial charge in [-0.1, -0.05) is 42.5 Å². The third-order valence-electron chi connectivity index (χ3n) is 13.4. The molecule has 0 bridgehead atoms. The molecule has 1 unspecified atom stereocenters. The molecule has 0 radical (unpaired) electrons. The van der Waals surface area contributed by atoms with Crippen LogP contribution in [0.4, 0.5) is 17.1 Å². The Morgan fingerprint density at radius 1 is 0.694 bits per heavy atom. The number of rotatable bonds is 12. The summed E-state index contributed by atoms with van der Waals surface area (Å²) < 4.78 is 12.4. The topological polar surface area (TPSA) is 121 Å². The van der Waals surface area contributed by atoms with E-state index in [1.54, 1.807) is 5.01 Å². The fourth-order valence-corrected chi connectivity index (χ4v) is 10.4.